The molecule has 1 saturated carbocycles. The number of rotatable bonds is 3. The minimum absolute atomic E-state index is 0.0669. The number of hydrogen-bond acceptors (Lipinski definition) is 5. The van der Waals surface area contributed by atoms with Crippen molar-refractivity contribution < 1.29 is 9.66 Å². The molecule has 1 fully saturated rings. The van der Waals surface area contributed by atoms with E-state index in [1.807, 2.05) is 0 Å². The van der Waals surface area contributed by atoms with E-state index in [1.165, 1.54) is 12.3 Å². The molecule has 1 aliphatic carbocycles. The molecular formula is C10H12BrN3O3. The molecule has 0 spiro atoms. The van der Waals surface area contributed by atoms with Crippen LogP contribution >= 0.6 is 15.9 Å². The smallest absolute Gasteiger partial charge is 0.332 e. The maximum atomic E-state index is 10.9. The maximum Gasteiger partial charge on any atom is 0.332 e. The first-order chi connectivity index (χ1) is 8.06. The van der Waals surface area contributed by atoms with E-state index in [0.29, 0.717) is 4.47 Å². The fraction of sp³-hybridized carbons (Fsp3) is 0.500. The van der Waals surface area contributed by atoms with Crippen LogP contribution in [0.1, 0.15) is 19.3 Å². The van der Waals surface area contributed by atoms with Crippen LogP contribution < -0.4 is 10.5 Å². The normalized spacial score (nSPS) is 23.6. The molecule has 1 aliphatic rings. The quantitative estimate of drug-likeness (QED) is 0.681. The van der Waals surface area contributed by atoms with Crippen molar-refractivity contribution in [3.05, 3.63) is 26.9 Å². The van der Waals surface area contributed by atoms with Crippen LogP contribution in [0.25, 0.3) is 0 Å². The summed E-state index contributed by atoms with van der Waals surface area (Å²) >= 11 is 3.14. The molecule has 1 aromatic heterocycles. The summed E-state index contributed by atoms with van der Waals surface area (Å²) in [5.41, 5.74) is 5.63. The van der Waals surface area contributed by atoms with Gasteiger partial charge in [0.25, 0.3) is 5.88 Å². The molecule has 2 unspecified atom stereocenters. The number of ether oxygens (including phenoxy) is 1. The molecule has 0 aliphatic heterocycles. The van der Waals surface area contributed by atoms with E-state index in [0.717, 1.165) is 19.3 Å². The highest BCUT2D eigenvalue weighted by atomic mass is 79.9. The van der Waals surface area contributed by atoms with Crippen LogP contribution in [0, 0.1) is 10.1 Å². The average Bonchev–Trinajstić information content (AvgIpc) is 2.66. The van der Waals surface area contributed by atoms with Gasteiger partial charge in [-0.05, 0) is 35.2 Å². The number of nitrogens with two attached hydrogens (primary N) is 1. The highest BCUT2D eigenvalue weighted by Crippen LogP contribution is 2.30. The molecule has 0 saturated heterocycles. The Bertz CT molecular complexity index is 441. The first-order valence-electron chi connectivity index (χ1n) is 5.28. The van der Waals surface area contributed by atoms with Crippen LogP contribution in [0.15, 0.2) is 16.7 Å². The molecule has 17 heavy (non-hydrogen) atoms. The lowest BCUT2D eigenvalue weighted by molar-refractivity contribution is -0.386. The standard InChI is InChI=1S/C10H12BrN3O3/c11-6-3-9(14(15)16)10(13-5-6)17-8-2-1-7(12)4-8/h3,5,7-8H,1-2,4,12H2. The number of hydrogen-bond donors (Lipinski definition) is 1. The van der Waals surface area contributed by atoms with Crippen molar-refractivity contribution in [1.82, 2.24) is 4.98 Å². The van der Waals surface area contributed by atoms with Gasteiger partial charge in [0.1, 0.15) is 6.10 Å². The Morgan fingerprint density at radius 3 is 2.94 bits per heavy atom. The lowest BCUT2D eigenvalue weighted by Gasteiger charge is -2.12. The largest absolute Gasteiger partial charge is 0.469 e. The van der Waals surface area contributed by atoms with Crippen LogP contribution in [-0.2, 0) is 0 Å². The number of aromatic nitrogens is 1. The van der Waals surface area contributed by atoms with E-state index in [1.54, 1.807) is 0 Å². The van der Waals surface area contributed by atoms with Crippen molar-refractivity contribution in [3.8, 4) is 5.88 Å². The minimum Gasteiger partial charge on any atom is -0.469 e. The maximum absolute atomic E-state index is 10.9. The fourth-order valence-corrected chi connectivity index (χ4v) is 2.20. The van der Waals surface area contributed by atoms with Gasteiger partial charge >= 0.3 is 5.69 Å². The molecule has 2 rings (SSSR count). The molecule has 7 heteroatoms. The SMILES string of the molecule is NC1CCC(Oc2ncc(Br)cc2[N+](=O)[O-])C1. The second-order valence-electron chi connectivity index (χ2n) is 4.05. The molecule has 2 N–H and O–H groups in total. The van der Waals surface area contributed by atoms with E-state index in [4.69, 9.17) is 10.5 Å². The highest BCUT2D eigenvalue weighted by molar-refractivity contribution is 9.10. The third-order valence-corrected chi connectivity index (χ3v) is 3.13. The van der Waals surface area contributed by atoms with Gasteiger partial charge in [-0.2, -0.15) is 0 Å². The molecule has 0 aromatic carbocycles. The molecule has 92 valence electrons. The van der Waals surface area contributed by atoms with Crippen molar-refractivity contribution >= 4 is 21.6 Å². The lowest BCUT2D eigenvalue weighted by Crippen LogP contribution is -2.19. The predicted molar refractivity (Wildman–Crippen MR) is 64.8 cm³/mol. The number of pyridine rings is 1. The zero-order valence-electron chi connectivity index (χ0n) is 9.01. The van der Waals surface area contributed by atoms with E-state index in [2.05, 4.69) is 20.9 Å². The Hall–Kier alpha value is -1.21. The van der Waals surface area contributed by atoms with Crippen molar-refractivity contribution in [1.29, 1.82) is 0 Å². The van der Waals surface area contributed by atoms with Gasteiger partial charge in [-0.15, -0.1) is 0 Å². The summed E-state index contributed by atoms with van der Waals surface area (Å²) in [5, 5.41) is 10.9. The predicted octanol–water partition coefficient (Wildman–Crippen LogP) is 2.01. The topological polar surface area (TPSA) is 91.3 Å². The van der Waals surface area contributed by atoms with Crippen molar-refractivity contribution in [2.24, 2.45) is 5.73 Å². The zero-order valence-corrected chi connectivity index (χ0v) is 10.6. The Balaban J connectivity index is 2.17. The van der Waals surface area contributed by atoms with E-state index in [-0.39, 0.29) is 23.7 Å². The fourth-order valence-electron chi connectivity index (χ4n) is 1.88. The molecule has 0 bridgehead atoms. The van der Waals surface area contributed by atoms with E-state index < -0.39 is 4.92 Å². The first-order valence-corrected chi connectivity index (χ1v) is 6.07. The average molecular weight is 302 g/mol. The Morgan fingerprint density at radius 2 is 2.35 bits per heavy atom. The zero-order chi connectivity index (χ0) is 12.4. The van der Waals surface area contributed by atoms with Crippen LogP contribution in [0.5, 0.6) is 5.88 Å². The van der Waals surface area contributed by atoms with Crippen molar-refractivity contribution in [2.75, 3.05) is 0 Å². The number of nitro groups is 1. The monoisotopic (exact) mass is 301 g/mol. The second-order valence-corrected chi connectivity index (χ2v) is 4.96. The Labute approximate surface area is 106 Å². The molecule has 2 atom stereocenters. The van der Waals surface area contributed by atoms with Gasteiger partial charge in [0.15, 0.2) is 0 Å². The van der Waals surface area contributed by atoms with Crippen LogP contribution in [-0.4, -0.2) is 22.1 Å². The lowest BCUT2D eigenvalue weighted by atomic mass is 10.3. The second kappa shape index (κ2) is 4.97. The summed E-state index contributed by atoms with van der Waals surface area (Å²) in [6, 6.07) is 1.51. The van der Waals surface area contributed by atoms with Crippen molar-refractivity contribution in [3.63, 3.8) is 0 Å². The summed E-state index contributed by atoms with van der Waals surface area (Å²) in [7, 11) is 0. The molecule has 6 nitrogen and oxygen atoms in total. The van der Waals surface area contributed by atoms with Crippen LogP contribution in [0.4, 0.5) is 5.69 Å². The van der Waals surface area contributed by atoms with Gasteiger partial charge in [0.2, 0.25) is 0 Å². The van der Waals surface area contributed by atoms with Crippen LogP contribution in [0.2, 0.25) is 0 Å². The minimum atomic E-state index is -0.498. The summed E-state index contributed by atoms with van der Waals surface area (Å²) < 4.78 is 6.09. The summed E-state index contributed by atoms with van der Waals surface area (Å²) in [4.78, 5) is 14.3. The molecule has 1 heterocycles. The van der Waals surface area contributed by atoms with Gasteiger partial charge in [-0.25, -0.2) is 4.98 Å². The number of halogens is 1. The third kappa shape index (κ3) is 2.92. The van der Waals surface area contributed by atoms with Gasteiger partial charge in [0.05, 0.1) is 4.92 Å². The Morgan fingerprint density at radius 1 is 1.59 bits per heavy atom. The summed E-state index contributed by atoms with van der Waals surface area (Å²) in [6.45, 7) is 0. The van der Waals surface area contributed by atoms with Gasteiger partial charge in [-0.1, -0.05) is 0 Å². The third-order valence-electron chi connectivity index (χ3n) is 2.70. The van der Waals surface area contributed by atoms with Crippen molar-refractivity contribution in [2.45, 2.75) is 31.4 Å². The highest BCUT2D eigenvalue weighted by Gasteiger charge is 2.27. The summed E-state index contributed by atoms with van der Waals surface area (Å²) in [6.07, 6.45) is 3.83. The first kappa shape index (κ1) is 12.3. The van der Waals surface area contributed by atoms with Crippen LogP contribution in [0.3, 0.4) is 0 Å². The van der Waals surface area contributed by atoms with E-state index >= 15 is 0 Å². The molecular weight excluding hydrogens is 290 g/mol. The van der Waals surface area contributed by atoms with Gasteiger partial charge in [-0.3, -0.25) is 10.1 Å². The molecule has 0 amide bonds. The van der Waals surface area contributed by atoms with Gasteiger partial charge < -0.3 is 10.5 Å². The molecule has 0 radical (unpaired) electrons. The summed E-state index contributed by atoms with van der Waals surface area (Å²) in [5.74, 6) is 0.0669. The van der Waals surface area contributed by atoms with E-state index in [9.17, 15) is 10.1 Å². The number of nitrogens with zero attached hydrogens (tertiary/aromatic N) is 2. The Kier molecular flexibility index (Phi) is 3.58. The van der Waals surface area contributed by atoms with Gasteiger partial charge in [0, 0.05) is 22.8 Å². The molecule has 1 aromatic rings.